The quantitative estimate of drug-likeness (QED) is 0.649. The molecular formula is C8H12ClN5. The van der Waals surface area contributed by atoms with Crippen LogP contribution in [0.2, 0.25) is 5.15 Å². The molecule has 0 spiro atoms. The van der Waals surface area contributed by atoms with E-state index >= 15 is 0 Å². The van der Waals surface area contributed by atoms with Crippen LogP contribution in [0.1, 0.15) is 0 Å². The Kier molecular flexibility index (Phi) is 2.69. The van der Waals surface area contributed by atoms with E-state index in [-0.39, 0.29) is 0 Å². The monoisotopic (exact) mass is 213 g/mol. The minimum Gasteiger partial charge on any atom is -0.393 e. The van der Waals surface area contributed by atoms with Gasteiger partial charge < -0.3 is 16.0 Å². The fourth-order valence-corrected chi connectivity index (χ4v) is 1.62. The third kappa shape index (κ3) is 1.73. The minimum absolute atomic E-state index is 0.327. The maximum atomic E-state index is 5.81. The first kappa shape index (κ1) is 9.48. The van der Waals surface area contributed by atoms with Gasteiger partial charge in [0.15, 0.2) is 11.0 Å². The standard InChI is InChI=1S/C8H12ClN5/c9-7-6(10)8(13-5-12-7)14-3-1-11-2-4-14/h5,11H,1-4,10H2. The highest BCUT2D eigenvalue weighted by molar-refractivity contribution is 6.32. The smallest absolute Gasteiger partial charge is 0.157 e. The molecule has 0 unspecified atom stereocenters. The molecule has 76 valence electrons. The first-order chi connectivity index (χ1) is 6.79. The second-order valence-corrected chi connectivity index (χ2v) is 3.50. The number of nitrogens with one attached hydrogen (secondary N) is 1. The lowest BCUT2D eigenvalue weighted by Crippen LogP contribution is -2.44. The highest BCUT2D eigenvalue weighted by atomic mass is 35.5. The SMILES string of the molecule is Nc1c(Cl)ncnc1N1CCNCC1. The molecule has 14 heavy (non-hydrogen) atoms. The van der Waals surface area contributed by atoms with E-state index in [4.69, 9.17) is 17.3 Å². The van der Waals surface area contributed by atoms with Crippen molar-refractivity contribution in [2.45, 2.75) is 0 Å². The number of nitrogens with two attached hydrogens (primary N) is 1. The lowest BCUT2D eigenvalue weighted by Gasteiger charge is -2.29. The van der Waals surface area contributed by atoms with E-state index in [1.165, 1.54) is 6.33 Å². The number of piperazine rings is 1. The van der Waals surface area contributed by atoms with E-state index in [1.807, 2.05) is 0 Å². The predicted molar refractivity (Wildman–Crippen MR) is 56.5 cm³/mol. The summed E-state index contributed by atoms with van der Waals surface area (Å²) in [6, 6.07) is 0. The Labute approximate surface area is 87.3 Å². The Morgan fingerprint density at radius 2 is 2.07 bits per heavy atom. The third-order valence-corrected chi connectivity index (χ3v) is 2.53. The molecule has 1 aromatic heterocycles. The maximum absolute atomic E-state index is 5.81. The highest BCUT2D eigenvalue weighted by Crippen LogP contribution is 2.25. The van der Waals surface area contributed by atoms with Crippen molar-refractivity contribution in [3.8, 4) is 0 Å². The van der Waals surface area contributed by atoms with Crippen LogP contribution in [-0.2, 0) is 0 Å². The molecule has 0 atom stereocenters. The molecule has 2 heterocycles. The fraction of sp³-hybridized carbons (Fsp3) is 0.500. The van der Waals surface area contributed by atoms with E-state index in [0.717, 1.165) is 32.0 Å². The van der Waals surface area contributed by atoms with Crippen LogP contribution < -0.4 is 16.0 Å². The average Bonchev–Trinajstić information content (AvgIpc) is 2.23. The summed E-state index contributed by atoms with van der Waals surface area (Å²) in [5.74, 6) is 0.742. The van der Waals surface area contributed by atoms with Crippen LogP contribution in [0.3, 0.4) is 0 Å². The van der Waals surface area contributed by atoms with Crippen molar-refractivity contribution in [1.29, 1.82) is 0 Å². The number of hydrogen-bond acceptors (Lipinski definition) is 5. The van der Waals surface area contributed by atoms with Gasteiger partial charge in [0.2, 0.25) is 0 Å². The minimum atomic E-state index is 0.327. The lowest BCUT2D eigenvalue weighted by molar-refractivity contribution is 0.585. The van der Waals surface area contributed by atoms with Crippen LogP contribution in [0.15, 0.2) is 6.33 Å². The van der Waals surface area contributed by atoms with Crippen molar-refractivity contribution in [3.63, 3.8) is 0 Å². The van der Waals surface area contributed by atoms with Crippen LogP contribution in [-0.4, -0.2) is 36.1 Å². The molecule has 1 aliphatic heterocycles. The van der Waals surface area contributed by atoms with Gasteiger partial charge in [0.25, 0.3) is 0 Å². The molecule has 0 radical (unpaired) electrons. The second kappa shape index (κ2) is 3.98. The largest absolute Gasteiger partial charge is 0.393 e. The number of halogens is 1. The van der Waals surface area contributed by atoms with Crippen LogP contribution in [0, 0.1) is 0 Å². The molecule has 0 aromatic carbocycles. The summed E-state index contributed by atoms with van der Waals surface area (Å²) in [6.07, 6.45) is 1.44. The molecule has 1 aromatic rings. The van der Waals surface area contributed by atoms with E-state index in [0.29, 0.717) is 10.8 Å². The zero-order chi connectivity index (χ0) is 9.97. The number of rotatable bonds is 1. The van der Waals surface area contributed by atoms with Gasteiger partial charge >= 0.3 is 0 Å². The van der Waals surface area contributed by atoms with Gasteiger partial charge in [0, 0.05) is 26.2 Å². The van der Waals surface area contributed by atoms with E-state index in [9.17, 15) is 0 Å². The molecule has 1 aliphatic rings. The summed E-state index contributed by atoms with van der Waals surface area (Å²) in [6.45, 7) is 3.69. The van der Waals surface area contributed by atoms with Crippen molar-refractivity contribution in [3.05, 3.63) is 11.5 Å². The van der Waals surface area contributed by atoms with Gasteiger partial charge in [-0.1, -0.05) is 11.6 Å². The van der Waals surface area contributed by atoms with Crippen LogP contribution >= 0.6 is 11.6 Å². The molecule has 3 N–H and O–H groups in total. The first-order valence-corrected chi connectivity index (χ1v) is 4.88. The molecular weight excluding hydrogens is 202 g/mol. The van der Waals surface area contributed by atoms with Crippen LogP contribution in [0.4, 0.5) is 11.5 Å². The predicted octanol–water partition coefficient (Wildman–Crippen LogP) is 0.122. The van der Waals surface area contributed by atoms with Gasteiger partial charge in [-0.05, 0) is 0 Å². The van der Waals surface area contributed by atoms with Gasteiger partial charge in [-0.2, -0.15) is 0 Å². The molecule has 1 saturated heterocycles. The second-order valence-electron chi connectivity index (χ2n) is 3.14. The van der Waals surface area contributed by atoms with E-state index < -0.39 is 0 Å². The Hall–Kier alpha value is -1.07. The van der Waals surface area contributed by atoms with Crippen molar-refractivity contribution >= 4 is 23.1 Å². The van der Waals surface area contributed by atoms with E-state index in [1.54, 1.807) is 0 Å². The molecule has 0 aliphatic carbocycles. The number of anilines is 2. The summed E-state index contributed by atoms with van der Waals surface area (Å²) in [5, 5.41) is 3.59. The third-order valence-electron chi connectivity index (χ3n) is 2.23. The summed E-state index contributed by atoms with van der Waals surface area (Å²) >= 11 is 5.81. The summed E-state index contributed by atoms with van der Waals surface area (Å²) in [4.78, 5) is 10.1. The Bertz CT molecular complexity index is 324. The van der Waals surface area contributed by atoms with E-state index in [2.05, 4.69) is 20.2 Å². The topological polar surface area (TPSA) is 67.1 Å². The fourth-order valence-electron chi connectivity index (χ4n) is 1.49. The average molecular weight is 214 g/mol. The van der Waals surface area contributed by atoms with Crippen LogP contribution in [0.5, 0.6) is 0 Å². The van der Waals surface area contributed by atoms with Gasteiger partial charge in [0.1, 0.15) is 12.0 Å². The van der Waals surface area contributed by atoms with Gasteiger partial charge in [-0.15, -0.1) is 0 Å². The number of hydrogen-bond donors (Lipinski definition) is 2. The van der Waals surface area contributed by atoms with Crippen molar-refractivity contribution in [1.82, 2.24) is 15.3 Å². The molecule has 0 bridgehead atoms. The van der Waals surface area contributed by atoms with Crippen molar-refractivity contribution in [2.24, 2.45) is 0 Å². The zero-order valence-electron chi connectivity index (χ0n) is 7.70. The zero-order valence-corrected chi connectivity index (χ0v) is 8.46. The maximum Gasteiger partial charge on any atom is 0.157 e. The highest BCUT2D eigenvalue weighted by Gasteiger charge is 2.15. The summed E-state index contributed by atoms with van der Waals surface area (Å²) in [5.41, 5.74) is 6.26. The Balaban J connectivity index is 2.26. The van der Waals surface area contributed by atoms with Gasteiger partial charge in [-0.3, -0.25) is 0 Å². The number of nitrogen functional groups attached to an aromatic ring is 1. The lowest BCUT2D eigenvalue weighted by atomic mass is 10.3. The Morgan fingerprint density at radius 1 is 1.36 bits per heavy atom. The first-order valence-electron chi connectivity index (χ1n) is 4.50. The number of nitrogens with zero attached hydrogens (tertiary/aromatic N) is 3. The summed E-state index contributed by atoms with van der Waals surface area (Å²) in [7, 11) is 0. The van der Waals surface area contributed by atoms with Crippen molar-refractivity contribution in [2.75, 3.05) is 36.8 Å². The van der Waals surface area contributed by atoms with Crippen molar-refractivity contribution < 1.29 is 0 Å². The molecule has 2 rings (SSSR count). The molecule has 0 saturated carbocycles. The van der Waals surface area contributed by atoms with Gasteiger partial charge in [-0.25, -0.2) is 9.97 Å². The Morgan fingerprint density at radius 3 is 2.79 bits per heavy atom. The van der Waals surface area contributed by atoms with Gasteiger partial charge in [0.05, 0.1) is 0 Å². The molecule has 6 heteroatoms. The normalized spacial score (nSPS) is 17.1. The van der Waals surface area contributed by atoms with Crippen LogP contribution in [0.25, 0.3) is 0 Å². The number of aromatic nitrogens is 2. The summed E-state index contributed by atoms with van der Waals surface area (Å²) < 4.78 is 0. The molecule has 0 amide bonds. The molecule has 1 fully saturated rings. The molecule has 5 nitrogen and oxygen atoms in total.